The van der Waals surface area contributed by atoms with Crippen molar-refractivity contribution in [2.24, 2.45) is 0 Å². The number of imidazole rings is 1. The van der Waals surface area contributed by atoms with E-state index in [-0.39, 0.29) is 5.91 Å². The van der Waals surface area contributed by atoms with Crippen LogP contribution in [0.4, 0.5) is 0 Å². The molecule has 35 heavy (non-hydrogen) atoms. The highest BCUT2D eigenvalue weighted by Gasteiger charge is 2.13. The van der Waals surface area contributed by atoms with Gasteiger partial charge in [-0.1, -0.05) is 84.1 Å². The number of aryl methyl sites for hydroxylation is 1. The lowest BCUT2D eigenvalue weighted by molar-refractivity contribution is 0.0951. The lowest BCUT2D eigenvalue weighted by Crippen LogP contribution is -2.22. The van der Waals surface area contributed by atoms with Gasteiger partial charge in [-0.3, -0.25) is 9.78 Å². The molecular weight excluding hydrogens is 452 g/mol. The van der Waals surface area contributed by atoms with E-state index in [1.165, 1.54) is 11.1 Å². The highest BCUT2D eigenvalue weighted by atomic mass is 32.2. The van der Waals surface area contributed by atoms with Gasteiger partial charge in [0.15, 0.2) is 5.16 Å². The number of nitrogens with zero attached hydrogens (tertiary/aromatic N) is 3. The van der Waals surface area contributed by atoms with E-state index in [0.717, 1.165) is 39.6 Å². The first kappa shape index (κ1) is 22.9. The number of nitrogens with one attached hydrogen (secondary N) is 1. The molecule has 5 aromatic rings. The average molecular weight is 479 g/mol. The molecule has 0 aliphatic heterocycles. The van der Waals surface area contributed by atoms with Gasteiger partial charge in [-0.15, -0.1) is 0 Å². The van der Waals surface area contributed by atoms with E-state index in [1.807, 2.05) is 66.9 Å². The van der Waals surface area contributed by atoms with Gasteiger partial charge in [-0.05, 0) is 41.8 Å². The fourth-order valence-electron chi connectivity index (χ4n) is 3.87. The summed E-state index contributed by atoms with van der Waals surface area (Å²) in [6.07, 6.45) is 3.66. The van der Waals surface area contributed by atoms with Gasteiger partial charge in [0, 0.05) is 24.1 Å². The second-order valence-electron chi connectivity index (χ2n) is 8.48. The fraction of sp³-hybridized carbons (Fsp3) is 0.138. The van der Waals surface area contributed by atoms with Gasteiger partial charge in [0.05, 0.1) is 23.8 Å². The van der Waals surface area contributed by atoms with E-state index >= 15 is 0 Å². The summed E-state index contributed by atoms with van der Waals surface area (Å²) in [7, 11) is 0. The molecule has 0 spiro atoms. The Morgan fingerprint density at radius 1 is 0.886 bits per heavy atom. The van der Waals surface area contributed by atoms with Crippen LogP contribution < -0.4 is 5.32 Å². The van der Waals surface area contributed by atoms with Crippen LogP contribution in [-0.4, -0.2) is 20.4 Å². The van der Waals surface area contributed by atoms with Crippen LogP contribution in [0.2, 0.25) is 0 Å². The lowest BCUT2D eigenvalue weighted by atomic mass is 10.1. The second kappa shape index (κ2) is 10.6. The molecule has 3 aromatic carbocycles. The highest BCUT2D eigenvalue weighted by Crippen LogP contribution is 2.27. The van der Waals surface area contributed by atoms with Crippen LogP contribution in [0.5, 0.6) is 0 Å². The maximum absolute atomic E-state index is 12.5. The van der Waals surface area contributed by atoms with Gasteiger partial charge in [0.2, 0.25) is 0 Å². The summed E-state index contributed by atoms with van der Waals surface area (Å²) in [4.78, 5) is 21.7. The minimum absolute atomic E-state index is 0.0690. The van der Waals surface area contributed by atoms with Crippen molar-refractivity contribution in [1.29, 1.82) is 0 Å². The number of benzene rings is 3. The Kier molecular flexibility index (Phi) is 6.91. The molecule has 0 saturated carbocycles. The maximum atomic E-state index is 12.5. The largest absolute Gasteiger partial charge is 0.348 e. The Bertz CT molecular complexity index is 1430. The summed E-state index contributed by atoms with van der Waals surface area (Å²) < 4.78 is 2.23. The summed E-state index contributed by atoms with van der Waals surface area (Å²) in [5.41, 5.74) is 7.33. The van der Waals surface area contributed by atoms with Gasteiger partial charge in [-0.25, -0.2) is 4.98 Å². The molecule has 5 rings (SSSR count). The molecule has 0 fully saturated rings. The number of rotatable bonds is 8. The van der Waals surface area contributed by atoms with Crippen molar-refractivity contribution in [3.8, 4) is 0 Å². The molecule has 0 radical (unpaired) electrons. The molecule has 2 heterocycles. The second-order valence-corrected chi connectivity index (χ2v) is 9.43. The van der Waals surface area contributed by atoms with Gasteiger partial charge in [0.1, 0.15) is 0 Å². The zero-order valence-electron chi connectivity index (χ0n) is 19.5. The topological polar surface area (TPSA) is 59.8 Å². The van der Waals surface area contributed by atoms with E-state index in [2.05, 4.69) is 46.1 Å². The third-order valence-electron chi connectivity index (χ3n) is 5.86. The minimum Gasteiger partial charge on any atom is -0.348 e. The Morgan fingerprint density at radius 2 is 1.63 bits per heavy atom. The highest BCUT2D eigenvalue weighted by molar-refractivity contribution is 7.98. The number of hydrogen-bond acceptors (Lipinski definition) is 4. The van der Waals surface area contributed by atoms with Gasteiger partial charge >= 0.3 is 0 Å². The summed E-state index contributed by atoms with van der Waals surface area (Å²) in [5, 5.41) is 3.93. The van der Waals surface area contributed by atoms with Crippen LogP contribution in [0, 0.1) is 6.92 Å². The fourth-order valence-corrected chi connectivity index (χ4v) is 4.84. The number of fused-ring (bicyclic) bond motifs is 1. The molecule has 0 aliphatic carbocycles. The van der Waals surface area contributed by atoms with Crippen LogP contribution in [0.1, 0.15) is 32.6 Å². The van der Waals surface area contributed by atoms with Crippen molar-refractivity contribution in [1.82, 2.24) is 19.9 Å². The molecule has 5 nitrogen and oxygen atoms in total. The SMILES string of the molecule is Cc1ccc(Cn2c(SCc3ccc(C(=O)NCc4ccccc4)cc3)nc3ccncc32)cc1. The normalized spacial score (nSPS) is 11.0. The van der Waals surface area contributed by atoms with Crippen LogP contribution in [0.3, 0.4) is 0 Å². The third-order valence-corrected chi connectivity index (χ3v) is 6.90. The molecule has 2 aromatic heterocycles. The molecule has 0 aliphatic rings. The summed E-state index contributed by atoms with van der Waals surface area (Å²) in [6, 6.07) is 28.3. The van der Waals surface area contributed by atoms with Gasteiger partial charge in [0.25, 0.3) is 5.91 Å². The standard InChI is InChI=1S/C29H26N4OS/c1-21-7-9-23(10-8-21)19-33-27-18-30-16-15-26(27)32-29(33)35-20-24-11-13-25(14-12-24)28(34)31-17-22-5-3-2-4-6-22/h2-16,18H,17,19-20H2,1H3,(H,31,34). The van der Waals surface area contributed by atoms with E-state index in [0.29, 0.717) is 12.1 Å². The Hall–Kier alpha value is -3.90. The number of aromatic nitrogens is 3. The van der Waals surface area contributed by atoms with Crippen LogP contribution in [0.15, 0.2) is 102 Å². The quantitative estimate of drug-likeness (QED) is 0.278. The molecule has 1 N–H and O–H groups in total. The summed E-state index contributed by atoms with van der Waals surface area (Å²) >= 11 is 1.69. The van der Waals surface area contributed by atoms with Crippen LogP contribution in [0.25, 0.3) is 11.0 Å². The van der Waals surface area contributed by atoms with Gasteiger partial charge in [-0.2, -0.15) is 0 Å². The first-order valence-corrected chi connectivity index (χ1v) is 12.5. The Balaban J connectivity index is 1.27. The number of carbonyl (C=O) groups excluding carboxylic acids is 1. The molecule has 0 unspecified atom stereocenters. The first-order valence-electron chi connectivity index (χ1n) is 11.6. The van der Waals surface area contributed by atoms with Crippen molar-refractivity contribution in [2.75, 3.05) is 0 Å². The predicted molar refractivity (Wildman–Crippen MR) is 141 cm³/mol. The molecule has 0 saturated heterocycles. The van der Waals surface area contributed by atoms with E-state index in [9.17, 15) is 4.79 Å². The van der Waals surface area contributed by atoms with Crippen molar-refractivity contribution in [3.63, 3.8) is 0 Å². The number of pyridine rings is 1. The molecule has 0 bridgehead atoms. The number of hydrogen-bond donors (Lipinski definition) is 1. The summed E-state index contributed by atoms with van der Waals surface area (Å²) in [5.74, 6) is 0.691. The number of thioether (sulfide) groups is 1. The first-order chi connectivity index (χ1) is 17.2. The zero-order chi connectivity index (χ0) is 24.0. The van der Waals surface area contributed by atoms with Crippen molar-refractivity contribution in [3.05, 3.63) is 125 Å². The lowest BCUT2D eigenvalue weighted by Gasteiger charge is -2.10. The molecule has 1 amide bonds. The third kappa shape index (κ3) is 5.61. The zero-order valence-corrected chi connectivity index (χ0v) is 20.3. The van der Waals surface area contributed by atoms with E-state index in [4.69, 9.17) is 4.98 Å². The Morgan fingerprint density at radius 3 is 2.40 bits per heavy atom. The van der Waals surface area contributed by atoms with Crippen molar-refractivity contribution >= 4 is 28.7 Å². The molecular formula is C29H26N4OS. The van der Waals surface area contributed by atoms with Gasteiger partial charge < -0.3 is 9.88 Å². The summed E-state index contributed by atoms with van der Waals surface area (Å²) in [6.45, 7) is 3.36. The Labute approximate surface area is 209 Å². The molecule has 6 heteroatoms. The maximum Gasteiger partial charge on any atom is 0.251 e. The molecule has 174 valence electrons. The smallest absolute Gasteiger partial charge is 0.251 e. The number of amides is 1. The van der Waals surface area contributed by atoms with Crippen LogP contribution in [-0.2, 0) is 18.8 Å². The van der Waals surface area contributed by atoms with Crippen molar-refractivity contribution in [2.45, 2.75) is 30.9 Å². The van der Waals surface area contributed by atoms with E-state index in [1.54, 1.807) is 18.0 Å². The predicted octanol–water partition coefficient (Wildman–Crippen LogP) is 6.01. The van der Waals surface area contributed by atoms with Crippen molar-refractivity contribution < 1.29 is 4.79 Å². The number of carbonyl (C=O) groups is 1. The minimum atomic E-state index is -0.0690. The average Bonchev–Trinajstić information content (AvgIpc) is 3.25. The monoisotopic (exact) mass is 478 g/mol. The van der Waals surface area contributed by atoms with E-state index < -0.39 is 0 Å². The van der Waals surface area contributed by atoms with Crippen LogP contribution >= 0.6 is 11.8 Å². The molecule has 0 atom stereocenters.